The quantitative estimate of drug-likeness (QED) is 0.884. The molecule has 0 bridgehead atoms. The minimum Gasteiger partial charge on any atom is -0.495 e. The number of amides is 1. The molecule has 1 saturated heterocycles. The van der Waals surface area contributed by atoms with Gasteiger partial charge in [0.05, 0.1) is 12.8 Å². The maximum atomic E-state index is 12.7. The third-order valence-electron chi connectivity index (χ3n) is 4.83. The average Bonchev–Trinajstić information content (AvgIpc) is 2.68. The molecule has 1 amide bonds. The Balaban J connectivity index is 1.81. The monoisotopic (exact) mass is 354 g/mol. The third kappa shape index (κ3) is 3.95. The van der Waals surface area contributed by atoms with Crippen molar-refractivity contribution in [2.75, 3.05) is 23.9 Å². The Kier molecular flexibility index (Phi) is 5.71. The third-order valence-corrected chi connectivity index (χ3v) is 4.83. The van der Waals surface area contributed by atoms with Crippen molar-refractivity contribution in [1.29, 1.82) is 0 Å². The van der Waals surface area contributed by atoms with Gasteiger partial charge < -0.3 is 15.0 Å². The summed E-state index contributed by atoms with van der Waals surface area (Å²) < 4.78 is 5.33. The van der Waals surface area contributed by atoms with Crippen molar-refractivity contribution in [2.24, 2.45) is 0 Å². The number of nitrogens with zero attached hydrogens (tertiary/aromatic N) is 3. The van der Waals surface area contributed by atoms with Crippen molar-refractivity contribution in [1.82, 2.24) is 9.97 Å². The number of carbonyl (C=O) groups is 1. The van der Waals surface area contributed by atoms with Gasteiger partial charge in [-0.1, -0.05) is 13.0 Å². The van der Waals surface area contributed by atoms with Crippen molar-refractivity contribution in [3.63, 3.8) is 0 Å². The summed E-state index contributed by atoms with van der Waals surface area (Å²) in [5.41, 5.74) is 2.05. The van der Waals surface area contributed by atoms with E-state index in [2.05, 4.69) is 27.1 Å². The van der Waals surface area contributed by atoms with Crippen LogP contribution in [-0.2, 0) is 0 Å². The van der Waals surface area contributed by atoms with Crippen LogP contribution in [0.1, 0.15) is 48.7 Å². The van der Waals surface area contributed by atoms with Gasteiger partial charge in [0, 0.05) is 18.8 Å². The molecular formula is C20H26N4O2. The first-order valence-electron chi connectivity index (χ1n) is 9.18. The van der Waals surface area contributed by atoms with Crippen molar-refractivity contribution >= 4 is 17.5 Å². The van der Waals surface area contributed by atoms with Crippen LogP contribution in [0.3, 0.4) is 0 Å². The number of ether oxygens (including phenoxy) is 1. The molecule has 1 aromatic carbocycles. The molecule has 138 valence electrons. The van der Waals surface area contributed by atoms with Gasteiger partial charge in [0.15, 0.2) is 0 Å². The molecule has 2 heterocycles. The fraction of sp³-hybridized carbons (Fsp3) is 0.450. The Hall–Kier alpha value is -2.63. The molecule has 0 aliphatic carbocycles. The zero-order valence-corrected chi connectivity index (χ0v) is 15.7. The van der Waals surface area contributed by atoms with E-state index >= 15 is 0 Å². The van der Waals surface area contributed by atoms with Crippen LogP contribution in [0.15, 0.2) is 30.5 Å². The Bertz CT molecular complexity index is 778. The lowest BCUT2D eigenvalue weighted by Crippen LogP contribution is -2.40. The van der Waals surface area contributed by atoms with Crippen LogP contribution < -0.4 is 15.0 Å². The molecule has 1 fully saturated rings. The lowest BCUT2D eigenvalue weighted by atomic mass is 10.0. The molecule has 1 atom stereocenters. The van der Waals surface area contributed by atoms with Crippen LogP contribution in [0.2, 0.25) is 0 Å². The van der Waals surface area contributed by atoms with Crippen LogP contribution in [0.25, 0.3) is 0 Å². The lowest BCUT2D eigenvalue weighted by Gasteiger charge is -2.35. The van der Waals surface area contributed by atoms with Gasteiger partial charge in [0.25, 0.3) is 5.91 Å². The fourth-order valence-electron chi connectivity index (χ4n) is 3.41. The number of benzene rings is 1. The number of hydrogen-bond donors (Lipinski definition) is 1. The highest BCUT2D eigenvalue weighted by atomic mass is 16.5. The van der Waals surface area contributed by atoms with Gasteiger partial charge in [0.1, 0.15) is 11.4 Å². The number of aryl methyl sites for hydroxylation is 1. The summed E-state index contributed by atoms with van der Waals surface area (Å²) in [5, 5.41) is 2.90. The molecule has 3 rings (SSSR count). The summed E-state index contributed by atoms with van der Waals surface area (Å²) in [5.74, 6) is 1.00. The minimum absolute atomic E-state index is 0.261. The topological polar surface area (TPSA) is 67.4 Å². The second kappa shape index (κ2) is 8.17. The summed E-state index contributed by atoms with van der Waals surface area (Å²) in [7, 11) is 1.59. The SMILES string of the molecule is CCC1CCCCN1c1nccc(C(=O)Nc2cc(C)ccc2OC)n1. The number of hydrogen-bond acceptors (Lipinski definition) is 5. The Morgan fingerprint density at radius 2 is 2.19 bits per heavy atom. The van der Waals surface area contributed by atoms with Crippen LogP contribution in [0.4, 0.5) is 11.6 Å². The first-order chi connectivity index (χ1) is 12.6. The maximum Gasteiger partial charge on any atom is 0.274 e. The molecule has 1 aliphatic heterocycles. The van der Waals surface area contributed by atoms with Gasteiger partial charge in [0.2, 0.25) is 5.95 Å². The zero-order chi connectivity index (χ0) is 18.5. The van der Waals surface area contributed by atoms with Crippen LogP contribution in [-0.4, -0.2) is 35.6 Å². The standard InChI is InChI=1S/C20H26N4O2/c1-4-15-7-5-6-12-24(15)20-21-11-10-16(23-20)19(25)22-17-13-14(2)8-9-18(17)26-3/h8-11,13,15H,4-7,12H2,1-3H3,(H,22,25). The van der Waals surface area contributed by atoms with E-state index in [-0.39, 0.29) is 5.91 Å². The molecule has 1 aliphatic rings. The number of carbonyl (C=O) groups excluding carboxylic acids is 1. The molecule has 0 saturated carbocycles. The number of methoxy groups -OCH3 is 1. The lowest BCUT2D eigenvalue weighted by molar-refractivity contribution is 0.102. The van der Waals surface area contributed by atoms with Gasteiger partial charge in [-0.25, -0.2) is 9.97 Å². The summed E-state index contributed by atoms with van der Waals surface area (Å²) in [6.45, 7) is 5.10. The van der Waals surface area contributed by atoms with Crippen molar-refractivity contribution < 1.29 is 9.53 Å². The van der Waals surface area contributed by atoms with Crippen LogP contribution >= 0.6 is 0 Å². The molecule has 0 spiro atoms. The number of nitrogens with one attached hydrogen (secondary N) is 1. The van der Waals surface area contributed by atoms with Gasteiger partial charge >= 0.3 is 0 Å². The first-order valence-corrected chi connectivity index (χ1v) is 9.18. The number of anilines is 2. The second-order valence-electron chi connectivity index (χ2n) is 6.65. The minimum atomic E-state index is -0.261. The van der Waals surface area contributed by atoms with E-state index in [0.29, 0.717) is 29.1 Å². The molecule has 1 N–H and O–H groups in total. The summed E-state index contributed by atoms with van der Waals surface area (Å²) in [6.07, 6.45) is 6.24. The molecule has 1 aromatic heterocycles. The van der Waals surface area contributed by atoms with Crippen LogP contribution in [0.5, 0.6) is 5.75 Å². The second-order valence-corrected chi connectivity index (χ2v) is 6.65. The Morgan fingerprint density at radius 1 is 1.35 bits per heavy atom. The predicted molar refractivity (Wildman–Crippen MR) is 103 cm³/mol. The van der Waals surface area contributed by atoms with Gasteiger partial charge in [-0.2, -0.15) is 0 Å². The highest BCUT2D eigenvalue weighted by Gasteiger charge is 2.24. The highest BCUT2D eigenvalue weighted by Crippen LogP contribution is 2.26. The van der Waals surface area contributed by atoms with Crippen molar-refractivity contribution in [2.45, 2.75) is 45.6 Å². The molecule has 1 unspecified atom stereocenters. The predicted octanol–water partition coefficient (Wildman–Crippen LogP) is 3.81. The molecule has 6 heteroatoms. The Labute approximate surface area is 154 Å². The van der Waals surface area contributed by atoms with E-state index in [9.17, 15) is 4.79 Å². The normalized spacial score (nSPS) is 17.0. The molecule has 26 heavy (non-hydrogen) atoms. The fourth-order valence-corrected chi connectivity index (χ4v) is 3.41. The summed E-state index contributed by atoms with van der Waals surface area (Å²) >= 11 is 0. The molecule has 6 nitrogen and oxygen atoms in total. The number of piperidine rings is 1. The smallest absolute Gasteiger partial charge is 0.274 e. The number of rotatable bonds is 5. The largest absolute Gasteiger partial charge is 0.495 e. The highest BCUT2D eigenvalue weighted by molar-refractivity contribution is 6.03. The Morgan fingerprint density at radius 3 is 2.96 bits per heavy atom. The van der Waals surface area contributed by atoms with E-state index in [0.717, 1.165) is 31.4 Å². The van der Waals surface area contributed by atoms with Gasteiger partial charge in [-0.15, -0.1) is 0 Å². The maximum absolute atomic E-state index is 12.7. The van der Waals surface area contributed by atoms with Crippen molar-refractivity contribution in [3.05, 3.63) is 41.7 Å². The molecule has 0 radical (unpaired) electrons. The molecule has 2 aromatic rings. The van der Waals surface area contributed by atoms with Gasteiger partial charge in [-0.3, -0.25) is 4.79 Å². The van der Waals surface area contributed by atoms with E-state index in [1.54, 1.807) is 19.4 Å². The zero-order valence-electron chi connectivity index (χ0n) is 15.7. The van der Waals surface area contributed by atoms with E-state index in [1.165, 1.54) is 6.42 Å². The van der Waals surface area contributed by atoms with Crippen molar-refractivity contribution in [3.8, 4) is 5.75 Å². The summed E-state index contributed by atoms with van der Waals surface area (Å²) in [4.78, 5) is 23.9. The number of aromatic nitrogens is 2. The average molecular weight is 354 g/mol. The van der Waals surface area contributed by atoms with Gasteiger partial charge in [-0.05, 0) is 56.4 Å². The molecular weight excluding hydrogens is 328 g/mol. The summed E-state index contributed by atoms with van der Waals surface area (Å²) in [6, 6.07) is 7.76. The first kappa shape index (κ1) is 18.2. The van der Waals surface area contributed by atoms with E-state index < -0.39 is 0 Å². The van der Waals surface area contributed by atoms with E-state index in [4.69, 9.17) is 4.74 Å². The van der Waals surface area contributed by atoms with Crippen LogP contribution in [0, 0.1) is 6.92 Å². The van der Waals surface area contributed by atoms with E-state index in [1.807, 2.05) is 25.1 Å².